The average molecular weight is 264 g/mol. The van der Waals surface area contributed by atoms with Crippen LogP contribution in [0.5, 0.6) is 0 Å². The Hall–Kier alpha value is -0.900. The molecule has 0 radical (unpaired) electrons. The second-order valence-corrected chi connectivity index (χ2v) is 6.52. The zero-order chi connectivity index (χ0) is 13.7. The zero-order valence-electron chi connectivity index (χ0n) is 12.7. The van der Waals surface area contributed by atoms with E-state index in [1.807, 2.05) is 0 Å². The van der Waals surface area contributed by atoms with Crippen LogP contribution >= 0.6 is 0 Å². The van der Waals surface area contributed by atoms with Gasteiger partial charge in [0.15, 0.2) is 0 Å². The molecule has 0 aromatic carbocycles. The number of hydrogen-bond acceptors (Lipinski definition) is 3. The molecule has 1 heterocycles. The molecular weight excluding hydrogens is 236 g/mol. The van der Waals surface area contributed by atoms with Crippen molar-refractivity contribution in [2.24, 2.45) is 11.3 Å². The van der Waals surface area contributed by atoms with Crippen molar-refractivity contribution < 1.29 is 0 Å². The van der Waals surface area contributed by atoms with Gasteiger partial charge in [0.05, 0.1) is 0 Å². The minimum absolute atomic E-state index is 0.398. The van der Waals surface area contributed by atoms with Crippen molar-refractivity contribution in [1.29, 1.82) is 0 Å². The predicted octanol–water partition coefficient (Wildman–Crippen LogP) is 2.65. The lowest BCUT2D eigenvalue weighted by Gasteiger charge is -2.37. The highest BCUT2D eigenvalue weighted by atomic mass is 15.3. The van der Waals surface area contributed by atoms with Gasteiger partial charge in [-0.05, 0) is 31.2 Å². The van der Waals surface area contributed by atoms with Crippen LogP contribution in [0.25, 0.3) is 0 Å². The molecule has 0 saturated heterocycles. The van der Waals surface area contributed by atoms with Gasteiger partial charge in [0.1, 0.15) is 12.2 Å². The third kappa shape index (κ3) is 3.78. The largest absolute Gasteiger partial charge is 0.319 e. The number of nitrogens with zero attached hydrogens (tertiary/aromatic N) is 3. The molecule has 1 aliphatic rings. The van der Waals surface area contributed by atoms with Crippen LogP contribution in [-0.4, -0.2) is 28.4 Å². The fourth-order valence-electron chi connectivity index (χ4n) is 3.35. The van der Waals surface area contributed by atoms with Crippen molar-refractivity contribution in [2.75, 3.05) is 13.6 Å². The predicted molar refractivity (Wildman–Crippen MR) is 78.0 cm³/mol. The van der Waals surface area contributed by atoms with Crippen LogP contribution in [0.1, 0.15) is 51.8 Å². The van der Waals surface area contributed by atoms with E-state index in [9.17, 15) is 0 Å². The van der Waals surface area contributed by atoms with E-state index in [1.54, 1.807) is 6.33 Å². The molecule has 19 heavy (non-hydrogen) atoms. The molecule has 4 heteroatoms. The first-order valence-electron chi connectivity index (χ1n) is 7.66. The van der Waals surface area contributed by atoms with E-state index in [1.165, 1.54) is 37.9 Å². The van der Waals surface area contributed by atoms with Gasteiger partial charge in [-0.3, -0.25) is 0 Å². The number of hydrogen-bond donors (Lipinski definition) is 1. The molecule has 2 rings (SSSR count). The third-order valence-corrected chi connectivity index (χ3v) is 4.23. The first-order chi connectivity index (χ1) is 9.15. The van der Waals surface area contributed by atoms with Crippen molar-refractivity contribution in [3.63, 3.8) is 0 Å². The van der Waals surface area contributed by atoms with E-state index in [-0.39, 0.29) is 0 Å². The monoisotopic (exact) mass is 264 g/mol. The van der Waals surface area contributed by atoms with Gasteiger partial charge in [-0.25, -0.2) is 9.67 Å². The van der Waals surface area contributed by atoms with Gasteiger partial charge in [-0.15, -0.1) is 0 Å². The molecule has 1 N–H and O–H groups in total. The van der Waals surface area contributed by atoms with Crippen LogP contribution in [0.4, 0.5) is 0 Å². The summed E-state index contributed by atoms with van der Waals surface area (Å²) >= 11 is 0. The highest BCUT2D eigenvalue weighted by Gasteiger charge is 2.33. The SMILES string of the molecule is CNCC1(Cc2ncnn2CC(C)C)CCCCC1. The van der Waals surface area contributed by atoms with Crippen molar-refractivity contribution in [3.8, 4) is 0 Å². The lowest BCUT2D eigenvalue weighted by molar-refractivity contribution is 0.178. The summed E-state index contributed by atoms with van der Waals surface area (Å²) in [4.78, 5) is 4.51. The molecule has 1 saturated carbocycles. The van der Waals surface area contributed by atoms with Gasteiger partial charge in [-0.2, -0.15) is 5.10 Å². The van der Waals surface area contributed by atoms with Crippen LogP contribution in [0.15, 0.2) is 6.33 Å². The van der Waals surface area contributed by atoms with Gasteiger partial charge in [0.25, 0.3) is 0 Å². The Kier molecular flexibility index (Phi) is 4.97. The summed E-state index contributed by atoms with van der Waals surface area (Å²) in [6.45, 7) is 6.54. The Morgan fingerprint density at radius 3 is 2.68 bits per heavy atom. The molecule has 0 amide bonds. The normalized spacial score (nSPS) is 18.9. The van der Waals surface area contributed by atoms with E-state index in [2.05, 4.69) is 41.0 Å². The smallest absolute Gasteiger partial charge is 0.138 e. The van der Waals surface area contributed by atoms with Crippen LogP contribution < -0.4 is 5.32 Å². The Morgan fingerprint density at radius 1 is 1.32 bits per heavy atom. The van der Waals surface area contributed by atoms with E-state index < -0.39 is 0 Å². The van der Waals surface area contributed by atoms with Gasteiger partial charge in [0.2, 0.25) is 0 Å². The summed E-state index contributed by atoms with van der Waals surface area (Å²) in [6, 6.07) is 0. The van der Waals surface area contributed by atoms with Crippen LogP contribution in [0.2, 0.25) is 0 Å². The summed E-state index contributed by atoms with van der Waals surface area (Å²) in [7, 11) is 2.06. The third-order valence-electron chi connectivity index (χ3n) is 4.23. The fraction of sp³-hybridized carbons (Fsp3) is 0.867. The Balaban J connectivity index is 2.10. The minimum atomic E-state index is 0.398. The molecule has 0 unspecified atom stereocenters. The van der Waals surface area contributed by atoms with Crippen LogP contribution in [-0.2, 0) is 13.0 Å². The van der Waals surface area contributed by atoms with E-state index in [0.717, 1.165) is 19.5 Å². The number of rotatable bonds is 6. The molecule has 108 valence electrons. The first-order valence-corrected chi connectivity index (χ1v) is 7.66. The number of aromatic nitrogens is 3. The first kappa shape index (κ1) is 14.5. The molecule has 1 aromatic rings. The second-order valence-electron chi connectivity index (χ2n) is 6.52. The van der Waals surface area contributed by atoms with Gasteiger partial charge in [-0.1, -0.05) is 33.1 Å². The van der Waals surface area contributed by atoms with Crippen molar-refractivity contribution in [3.05, 3.63) is 12.2 Å². The highest BCUT2D eigenvalue weighted by Crippen LogP contribution is 2.38. The van der Waals surface area contributed by atoms with Crippen molar-refractivity contribution in [2.45, 2.75) is 58.9 Å². The van der Waals surface area contributed by atoms with E-state index in [4.69, 9.17) is 0 Å². The Labute approximate surface area is 117 Å². The Bertz CT molecular complexity index is 372. The van der Waals surface area contributed by atoms with E-state index in [0.29, 0.717) is 11.3 Å². The van der Waals surface area contributed by atoms with Gasteiger partial charge in [0, 0.05) is 19.5 Å². The number of nitrogens with one attached hydrogen (secondary N) is 1. The molecular formula is C15H28N4. The lowest BCUT2D eigenvalue weighted by atomic mass is 9.71. The Morgan fingerprint density at radius 2 is 2.05 bits per heavy atom. The van der Waals surface area contributed by atoms with Gasteiger partial charge >= 0.3 is 0 Å². The minimum Gasteiger partial charge on any atom is -0.319 e. The summed E-state index contributed by atoms with van der Waals surface area (Å²) < 4.78 is 2.11. The summed E-state index contributed by atoms with van der Waals surface area (Å²) in [5.41, 5.74) is 0.398. The second kappa shape index (κ2) is 6.51. The van der Waals surface area contributed by atoms with E-state index >= 15 is 0 Å². The zero-order valence-corrected chi connectivity index (χ0v) is 12.7. The maximum Gasteiger partial charge on any atom is 0.138 e. The quantitative estimate of drug-likeness (QED) is 0.859. The molecule has 4 nitrogen and oxygen atoms in total. The molecule has 0 atom stereocenters. The topological polar surface area (TPSA) is 42.7 Å². The molecule has 1 fully saturated rings. The molecule has 0 spiro atoms. The lowest BCUT2D eigenvalue weighted by Crippen LogP contribution is -2.37. The standard InChI is InChI=1S/C15H28N4/c1-13(2)10-19-14(17-12-18-19)9-15(11-16-3)7-5-4-6-8-15/h12-13,16H,4-11H2,1-3H3. The summed E-state index contributed by atoms with van der Waals surface area (Å²) in [5.74, 6) is 1.79. The maximum atomic E-state index is 4.51. The average Bonchev–Trinajstić information content (AvgIpc) is 2.77. The maximum absolute atomic E-state index is 4.51. The highest BCUT2D eigenvalue weighted by molar-refractivity contribution is 4.96. The van der Waals surface area contributed by atoms with Crippen molar-refractivity contribution >= 4 is 0 Å². The van der Waals surface area contributed by atoms with Crippen LogP contribution in [0.3, 0.4) is 0 Å². The molecule has 0 aliphatic heterocycles. The van der Waals surface area contributed by atoms with Crippen molar-refractivity contribution in [1.82, 2.24) is 20.1 Å². The summed E-state index contributed by atoms with van der Waals surface area (Å²) in [6.07, 6.45) is 9.54. The van der Waals surface area contributed by atoms with Crippen LogP contribution in [0, 0.1) is 11.3 Å². The molecule has 0 bridgehead atoms. The molecule has 1 aromatic heterocycles. The fourth-order valence-corrected chi connectivity index (χ4v) is 3.35. The summed E-state index contributed by atoms with van der Waals surface area (Å²) in [5, 5.41) is 7.79. The molecule has 1 aliphatic carbocycles. The van der Waals surface area contributed by atoms with Gasteiger partial charge < -0.3 is 5.32 Å².